The second-order valence-corrected chi connectivity index (χ2v) is 9.85. The van der Waals surface area contributed by atoms with Crippen molar-refractivity contribution in [3.8, 4) is 0 Å². The Bertz CT molecular complexity index is 914. The van der Waals surface area contributed by atoms with Crippen molar-refractivity contribution in [1.29, 1.82) is 0 Å². The number of aliphatic hydroxyl groups is 1. The maximum absolute atomic E-state index is 12.6. The van der Waals surface area contributed by atoms with E-state index in [9.17, 15) is 18.3 Å². The molecule has 1 aliphatic rings. The second-order valence-electron chi connectivity index (χ2n) is 6.88. The van der Waals surface area contributed by atoms with Gasteiger partial charge in [0.25, 0.3) is 0 Å². The Hall–Kier alpha value is -1.91. The summed E-state index contributed by atoms with van der Waals surface area (Å²) < 4.78 is 31.9. The van der Waals surface area contributed by atoms with Gasteiger partial charge in [-0.15, -0.1) is 11.8 Å². The first-order valence-corrected chi connectivity index (χ1v) is 12.3. The van der Waals surface area contributed by atoms with Gasteiger partial charge in [-0.05, 0) is 23.3 Å². The highest BCUT2D eigenvalue weighted by molar-refractivity contribution is 7.99. The zero-order valence-corrected chi connectivity index (χ0v) is 18.2. The number of hydrogen-bond donors (Lipinski definition) is 2. The molecular weight excluding hydrogens is 424 g/mol. The Morgan fingerprint density at radius 1 is 1.10 bits per heavy atom. The summed E-state index contributed by atoms with van der Waals surface area (Å²) in [6.45, 7) is 1.85. The number of nitrogens with one attached hydrogen (secondary N) is 1. The zero-order chi connectivity index (χ0) is 21.4. The third-order valence-corrected chi connectivity index (χ3v) is 7.64. The molecule has 0 bridgehead atoms. The number of thioether (sulfide) groups is 1. The van der Waals surface area contributed by atoms with Crippen molar-refractivity contribution < 1.29 is 23.1 Å². The first-order chi connectivity index (χ1) is 14.5. The van der Waals surface area contributed by atoms with Crippen molar-refractivity contribution in [3.63, 3.8) is 0 Å². The van der Waals surface area contributed by atoms with E-state index in [2.05, 4.69) is 5.32 Å². The van der Waals surface area contributed by atoms with Gasteiger partial charge in [-0.1, -0.05) is 42.5 Å². The van der Waals surface area contributed by atoms with Gasteiger partial charge in [-0.2, -0.15) is 4.31 Å². The lowest BCUT2D eigenvalue weighted by Gasteiger charge is -2.26. The summed E-state index contributed by atoms with van der Waals surface area (Å²) >= 11 is 1.36. The third-order valence-electron chi connectivity index (χ3n) is 4.71. The Balaban J connectivity index is 1.42. The van der Waals surface area contributed by atoms with E-state index in [1.165, 1.54) is 16.1 Å². The predicted octanol–water partition coefficient (Wildman–Crippen LogP) is 1.79. The van der Waals surface area contributed by atoms with Crippen molar-refractivity contribution in [2.24, 2.45) is 0 Å². The van der Waals surface area contributed by atoms with Gasteiger partial charge in [0.2, 0.25) is 15.9 Å². The van der Waals surface area contributed by atoms with E-state index in [0.29, 0.717) is 38.6 Å². The van der Waals surface area contributed by atoms with Crippen molar-refractivity contribution in [2.75, 3.05) is 37.8 Å². The first-order valence-electron chi connectivity index (χ1n) is 9.71. The summed E-state index contributed by atoms with van der Waals surface area (Å²) in [7, 11) is -3.51. The van der Waals surface area contributed by atoms with Crippen LogP contribution in [0.15, 0.2) is 59.5 Å². The fourth-order valence-electron chi connectivity index (χ4n) is 3.00. The Kier molecular flexibility index (Phi) is 8.29. The SMILES string of the molecule is O=C(CSCC(O)c1ccccc1)NCc1ccc(S(=O)(=O)N2CCOCC2)cc1. The molecule has 1 heterocycles. The summed E-state index contributed by atoms with van der Waals surface area (Å²) in [6, 6.07) is 15.9. The number of amides is 1. The highest BCUT2D eigenvalue weighted by Gasteiger charge is 2.26. The van der Waals surface area contributed by atoms with E-state index >= 15 is 0 Å². The van der Waals surface area contributed by atoms with Crippen molar-refractivity contribution in [2.45, 2.75) is 17.5 Å². The number of morpholine rings is 1. The number of hydrogen-bond acceptors (Lipinski definition) is 6. The third kappa shape index (κ3) is 6.29. The Morgan fingerprint density at radius 2 is 1.77 bits per heavy atom. The number of carbonyl (C=O) groups excluding carboxylic acids is 1. The average Bonchev–Trinajstić information content (AvgIpc) is 2.79. The molecule has 2 aromatic rings. The molecule has 1 fully saturated rings. The number of benzene rings is 2. The van der Waals surface area contributed by atoms with Crippen LogP contribution in [-0.2, 0) is 26.1 Å². The maximum Gasteiger partial charge on any atom is 0.243 e. The summed E-state index contributed by atoms with van der Waals surface area (Å²) in [5.74, 6) is 0.545. The smallest absolute Gasteiger partial charge is 0.243 e. The monoisotopic (exact) mass is 450 g/mol. The molecule has 162 valence electrons. The number of aliphatic hydroxyl groups excluding tert-OH is 1. The van der Waals surface area contributed by atoms with Crippen LogP contribution in [0.5, 0.6) is 0 Å². The second kappa shape index (κ2) is 10.9. The number of nitrogens with zero attached hydrogens (tertiary/aromatic N) is 1. The van der Waals surface area contributed by atoms with Gasteiger partial charge in [0.15, 0.2) is 0 Å². The highest BCUT2D eigenvalue weighted by Crippen LogP contribution is 2.19. The number of ether oxygens (including phenoxy) is 1. The Labute approximate surface area is 181 Å². The summed E-state index contributed by atoms with van der Waals surface area (Å²) in [6.07, 6.45) is -0.607. The molecule has 2 N–H and O–H groups in total. The van der Waals surface area contributed by atoms with E-state index in [1.54, 1.807) is 24.3 Å². The van der Waals surface area contributed by atoms with E-state index < -0.39 is 16.1 Å². The van der Waals surface area contributed by atoms with Gasteiger partial charge in [-0.25, -0.2) is 8.42 Å². The molecule has 1 aliphatic heterocycles. The molecule has 3 rings (SSSR count). The molecular formula is C21H26N2O5S2. The van der Waals surface area contributed by atoms with Crippen LogP contribution in [0.4, 0.5) is 0 Å². The highest BCUT2D eigenvalue weighted by atomic mass is 32.2. The molecule has 2 aromatic carbocycles. The summed E-state index contributed by atoms with van der Waals surface area (Å²) in [5, 5.41) is 12.9. The minimum Gasteiger partial charge on any atom is -0.388 e. The molecule has 7 nitrogen and oxygen atoms in total. The average molecular weight is 451 g/mol. The van der Waals surface area contributed by atoms with Gasteiger partial charge in [0, 0.05) is 25.4 Å². The lowest BCUT2D eigenvalue weighted by molar-refractivity contribution is -0.118. The molecule has 1 atom stereocenters. The van der Waals surface area contributed by atoms with Crippen LogP contribution in [0.1, 0.15) is 17.2 Å². The number of carbonyl (C=O) groups is 1. The van der Waals surface area contributed by atoms with Crippen LogP contribution in [0.3, 0.4) is 0 Å². The minimum absolute atomic E-state index is 0.134. The maximum atomic E-state index is 12.6. The van der Waals surface area contributed by atoms with Gasteiger partial charge in [-0.3, -0.25) is 4.79 Å². The molecule has 0 aliphatic carbocycles. The topological polar surface area (TPSA) is 95.9 Å². The zero-order valence-electron chi connectivity index (χ0n) is 16.6. The number of rotatable bonds is 9. The summed E-state index contributed by atoms with van der Waals surface area (Å²) in [5.41, 5.74) is 1.65. The van der Waals surface area contributed by atoms with Gasteiger partial charge in [0.1, 0.15) is 0 Å². The quantitative estimate of drug-likeness (QED) is 0.605. The van der Waals surface area contributed by atoms with E-state index in [0.717, 1.165) is 11.1 Å². The molecule has 1 unspecified atom stereocenters. The van der Waals surface area contributed by atoms with Crippen LogP contribution in [-0.4, -0.2) is 61.5 Å². The van der Waals surface area contributed by atoms with E-state index in [-0.39, 0.29) is 16.6 Å². The fourth-order valence-corrected chi connectivity index (χ4v) is 5.23. The van der Waals surface area contributed by atoms with E-state index in [1.807, 2.05) is 30.3 Å². The van der Waals surface area contributed by atoms with Crippen LogP contribution in [0.25, 0.3) is 0 Å². The molecule has 1 amide bonds. The molecule has 9 heteroatoms. The minimum atomic E-state index is -3.51. The lowest BCUT2D eigenvalue weighted by Crippen LogP contribution is -2.40. The Morgan fingerprint density at radius 3 is 2.43 bits per heavy atom. The molecule has 0 saturated carbocycles. The van der Waals surface area contributed by atoms with Gasteiger partial charge < -0.3 is 15.2 Å². The molecule has 1 saturated heterocycles. The lowest BCUT2D eigenvalue weighted by atomic mass is 10.1. The standard InChI is InChI=1S/C21H26N2O5S2/c24-20(18-4-2-1-3-5-18)15-29-16-21(25)22-14-17-6-8-19(9-7-17)30(26,27)23-10-12-28-13-11-23/h1-9,20,24H,10-16H2,(H,22,25). The van der Waals surface area contributed by atoms with Crippen molar-refractivity contribution >= 4 is 27.7 Å². The van der Waals surface area contributed by atoms with Gasteiger partial charge in [0.05, 0.1) is 30.0 Å². The molecule has 0 radical (unpaired) electrons. The molecule has 30 heavy (non-hydrogen) atoms. The predicted molar refractivity (Wildman–Crippen MR) is 117 cm³/mol. The summed E-state index contributed by atoms with van der Waals surface area (Å²) in [4.78, 5) is 12.3. The van der Waals surface area contributed by atoms with Crippen LogP contribution >= 0.6 is 11.8 Å². The molecule has 0 spiro atoms. The van der Waals surface area contributed by atoms with Crippen molar-refractivity contribution in [3.05, 3.63) is 65.7 Å². The number of sulfonamides is 1. The van der Waals surface area contributed by atoms with Gasteiger partial charge >= 0.3 is 0 Å². The normalized spacial score (nSPS) is 16.2. The van der Waals surface area contributed by atoms with Crippen LogP contribution < -0.4 is 5.32 Å². The fraction of sp³-hybridized carbons (Fsp3) is 0.381. The first kappa shape index (κ1) is 22.8. The van der Waals surface area contributed by atoms with Crippen molar-refractivity contribution in [1.82, 2.24) is 9.62 Å². The van der Waals surface area contributed by atoms with Crippen LogP contribution in [0.2, 0.25) is 0 Å². The molecule has 0 aromatic heterocycles. The van der Waals surface area contributed by atoms with Crippen LogP contribution in [0, 0.1) is 0 Å². The van der Waals surface area contributed by atoms with E-state index in [4.69, 9.17) is 4.74 Å². The largest absolute Gasteiger partial charge is 0.388 e.